The van der Waals surface area contributed by atoms with Gasteiger partial charge in [-0.05, 0) is 48.9 Å². The van der Waals surface area contributed by atoms with Crippen LogP contribution >= 0.6 is 0 Å². The van der Waals surface area contributed by atoms with E-state index in [1.807, 2.05) is 6.07 Å². The van der Waals surface area contributed by atoms with E-state index in [2.05, 4.69) is 11.8 Å². The number of nitrogens with zero attached hydrogens (tertiary/aromatic N) is 1. The van der Waals surface area contributed by atoms with Crippen LogP contribution in [0.3, 0.4) is 0 Å². The van der Waals surface area contributed by atoms with Crippen molar-refractivity contribution < 1.29 is 14.2 Å². The fourth-order valence-corrected chi connectivity index (χ4v) is 2.69. The van der Waals surface area contributed by atoms with Gasteiger partial charge in [-0.25, -0.2) is 4.39 Å². The highest BCUT2D eigenvalue weighted by Crippen LogP contribution is 2.37. The van der Waals surface area contributed by atoms with Gasteiger partial charge >= 0.3 is 0 Å². The third-order valence-electron chi connectivity index (χ3n) is 4.12. The molecule has 4 heteroatoms. The minimum Gasteiger partial charge on any atom is -0.490 e. The van der Waals surface area contributed by atoms with Gasteiger partial charge in [-0.15, -0.1) is 0 Å². The van der Waals surface area contributed by atoms with Crippen LogP contribution in [-0.4, -0.2) is 29.8 Å². The average molecular weight is 265 g/mol. The van der Waals surface area contributed by atoms with E-state index in [-0.39, 0.29) is 18.5 Å². The Morgan fingerprint density at radius 3 is 2.89 bits per heavy atom. The van der Waals surface area contributed by atoms with Crippen molar-refractivity contribution in [3.8, 4) is 5.75 Å². The third kappa shape index (κ3) is 2.60. The topological polar surface area (TPSA) is 32.7 Å². The SMILES string of the molecule is C[C@@H]1c2cc(OCC3CC3)c(F)cc2CN1CCO. The Morgan fingerprint density at radius 2 is 2.21 bits per heavy atom. The van der Waals surface area contributed by atoms with Crippen molar-refractivity contribution in [1.82, 2.24) is 4.90 Å². The molecule has 0 spiro atoms. The summed E-state index contributed by atoms with van der Waals surface area (Å²) in [5, 5.41) is 9.04. The Hall–Kier alpha value is -1.13. The minimum absolute atomic E-state index is 0.131. The number of rotatable bonds is 5. The van der Waals surface area contributed by atoms with Crippen molar-refractivity contribution in [2.45, 2.75) is 32.4 Å². The molecule has 3 rings (SSSR count). The van der Waals surface area contributed by atoms with Gasteiger partial charge in [0, 0.05) is 19.1 Å². The predicted molar refractivity (Wildman–Crippen MR) is 70.5 cm³/mol. The van der Waals surface area contributed by atoms with Crippen molar-refractivity contribution >= 4 is 0 Å². The van der Waals surface area contributed by atoms with E-state index in [1.165, 1.54) is 12.8 Å². The van der Waals surface area contributed by atoms with Gasteiger partial charge in [0.2, 0.25) is 0 Å². The highest BCUT2D eigenvalue weighted by molar-refractivity contribution is 5.41. The zero-order valence-corrected chi connectivity index (χ0v) is 11.2. The summed E-state index contributed by atoms with van der Waals surface area (Å²) in [6.45, 7) is 4.17. The maximum atomic E-state index is 14.0. The lowest BCUT2D eigenvalue weighted by atomic mass is 10.1. The van der Waals surface area contributed by atoms with Crippen molar-refractivity contribution in [3.63, 3.8) is 0 Å². The highest BCUT2D eigenvalue weighted by Gasteiger charge is 2.28. The van der Waals surface area contributed by atoms with Crippen LogP contribution in [0.2, 0.25) is 0 Å². The minimum atomic E-state index is -0.266. The lowest BCUT2D eigenvalue weighted by Gasteiger charge is -2.20. The Balaban J connectivity index is 1.78. The van der Waals surface area contributed by atoms with Gasteiger partial charge in [0.25, 0.3) is 0 Å². The fraction of sp³-hybridized carbons (Fsp3) is 0.600. The first-order valence-corrected chi connectivity index (χ1v) is 6.99. The van der Waals surface area contributed by atoms with E-state index in [1.54, 1.807) is 6.07 Å². The molecule has 3 nitrogen and oxygen atoms in total. The zero-order chi connectivity index (χ0) is 13.4. The fourth-order valence-electron chi connectivity index (χ4n) is 2.69. The molecule has 0 amide bonds. The molecule has 1 aliphatic heterocycles. The van der Waals surface area contributed by atoms with E-state index < -0.39 is 0 Å². The van der Waals surface area contributed by atoms with E-state index in [4.69, 9.17) is 9.84 Å². The van der Waals surface area contributed by atoms with Gasteiger partial charge in [0.1, 0.15) is 0 Å². The first-order chi connectivity index (χ1) is 9.19. The molecular weight excluding hydrogens is 245 g/mol. The largest absolute Gasteiger partial charge is 0.490 e. The number of hydrogen-bond acceptors (Lipinski definition) is 3. The molecule has 0 aromatic heterocycles. The molecule has 0 saturated heterocycles. The van der Waals surface area contributed by atoms with Crippen LogP contribution in [0.25, 0.3) is 0 Å². The standard InChI is InChI=1S/C15H20FNO2/c1-10-13-7-15(19-9-11-2-3-11)14(16)6-12(13)8-17(10)4-5-18/h6-7,10-11,18H,2-5,8-9H2,1H3/t10-/m1/s1. The molecule has 2 aliphatic rings. The number of hydrogen-bond donors (Lipinski definition) is 1. The van der Waals surface area contributed by atoms with Crippen LogP contribution in [0, 0.1) is 11.7 Å². The van der Waals surface area contributed by atoms with Gasteiger partial charge in [0.05, 0.1) is 13.2 Å². The number of aliphatic hydroxyl groups excluding tert-OH is 1. The Kier molecular flexibility index (Phi) is 3.46. The van der Waals surface area contributed by atoms with Gasteiger partial charge in [-0.2, -0.15) is 0 Å². The maximum Gasteiger partial charge on any atom is 0.165 e. The zero-order valence-electron chi connectivity index (χ0n) is 11.2. The van der Waals surface area contributed by atoms with E-state index >= 15 is 0 Å². The van der Waals surface area contributed by atoms with E-state index in [0.29, 0.717) is 31.4 Å². The average Bonchev–Trinajstić information content (AvgIpc) is 3.16. The lowest BCUT2D eigenvalue weighted by Crippen LogP contribution is -2.23. The molecule has 19 heavy (non-hydrogen) atoms. The normalized spacial score (nSPS) is 22.6. The van der Waals surface area contributed by atoms with Gasteiger partial charge in [-0.3, -0.25) is 4.90 Å². The van der Waals surface area contributed by atoms with Crippen LogP contribution in [0.1, 0.15) is 36.9 Å². The van der Waals surface area contributed by atoms with Crippen molar-refractivity contribution in [1.29, 1.82) is 0 Å². The van der Waals surface area contributed by atoms with Crippen molar-refractivity contribution in [2.24, 2.45) is 5.92 Å². The molecule has 1 saturated carbocycles. The molecule has 0 unspecified atom stereocenters. The number of halogens is 1. The quantitative estimate of drug-likeness (QED) is 0.888. The molecule has 1 fully saturated rings. The van der Waals surface area contributed by atoms with Gasteiger partial charge < -0.3 is 9.84 Å². The summed E-state index contributed by atoms with van der Waals surface area (Å²) in [7, 11) is 0. The summed E-state index contributed by atoms with van der Waals surface area (Å²) in [6, 6.07) is 3.64. The van der Waals surface area contributed by atoms with Crippen LogP contribution in [-0.2, 0) is 6.54 Å². The number of ether oxygens (including phenoxy) is 1. The van der Waals surface area contributed by atoms with Crippen LogP contribution in [0.4, 0.5) is 4.39 Å². The molecular formula is C15H20FNO2. The molecule has 1 N–H and O–H groups in total. The summed E-state index contributed by atoms with van der Waals surface area (Å²) >= 11 is 0. The molecule has 0 radical (unpaired) electrons. The Labute approximate surface area is 113 Å². The first kappa shape index (κ1) is 12.9. The van der Waals surface area contributed by atoms with E-state index in [9.17, 15) is 4.39 Å². The smallest absolute Gasteiger partial charge is 0.165 e. The molecule has 1 aromatic rings. The molecule has 104 valence electrons. The second kappa shape index (κ2) is 5.10. The van der Waals surface area contributed by atoms with Crippen LogP contribution in [0.5, 0.6) is 5.75 Å². The molecule has 1 aliphatic carbocycles. The van der Waals surface area contributed by atoms with E-state index in [0.717, 1.165) is 11.1 Å². The summed E-state index contributed by atoms with van der Waals surface area (Å²) in [4.78, 5) is 2.15. The molecule has 0 bridgehead atoms. The molecule has 1 atom stereocenters. The van der Waals surface area contributed by atoms with Gasteiger partial charge in [-0.1, -0.05) is 0 Å². The Morgan fingerprint density at radius 1 is 1.42 bits per heavy atom. The Bertz CT molecular complexity index is 473. The second-order valence-electron chi connectivity index (χ2n) is 5.61. The maximum absolute atomic E-state index is 14.0. The monoisotopic (exact) mass is 265 g/mol. The number of aliphatic hydroxyl groups is 1. The van der Waals surface area contributed by atoms with Gasteiger partial charge in [0.15, 0.2) is 11.6 Å². The van der Waals surface area contributed by atoms with Crippen LogP contribution in [0.15, 0.2) is 12.1 Å². The summed E-state index contributed by atoms with van der Waals surface area (Å²) in [5.74, 6) is 0.733. The number of benzene rings is 1. The number of fused-ring (bicyclic) bond motifs is 1. The van der Waals surface area contributed by atoms with Crippen molar-refractivity contribution in [2.75, 3.05) is 19.8 Å². The summed E-state index contributed by atoms with van der Waals surface area (Å²) < 4.78 is 19.5. The third-order valence-corrected chi connectivity index (χ3v) is 4.12. The van der Waals surface area contributed by atoms with Crippen LogP contribution < -0.4 is 4.74 Å². The predicted octanol–water partition coefficient (Wildman–Crippen LogP) is 2.48. The number of β-amino-alcohol motifs (C(OH)–C–C–N with tert-alkyl or cyclic N) is 1. The summed E-state index contributed by atoms with van der Waals surface area (Å²) in [6.07, 6.45) is 2.40. The second-order valence-corrected chi connectivity index (χ2v) is 5.61. The van der Waals surface area contributed by atoms with Crippen molar-refractivity contribution in [3.05, 3.63) is 29.1 Å². The molecule has 1 aromatic carbocycles. The molecule has 1 heterocycles. The summed E-state index contributed by atoms with van der Waals surface area (Å²) in [5.41, 5.74) is 2.14. The highest BCUT2D eigenvalue weighted by atomic mass is 19.1. The lowest BCUT2D eigenvalue weighted by molar-refractivity contribution is 0.169. The first-order valence-electron chi connectivity index (χ1n) is 6.99.